The molecule has 0 bridgehead atoms. The van der Waals surface area contributed by atoms with Crippen LogP contribution in [0.1, 0.15) is 33.6 Å². The topological polar surface area (TPSA) is 0 Å². The highest BCUT2D eigenvalue weighted by atomic mass is 32.2. The fraction of sp³-hybridized carbons (Fsp3) is 0.800. The van der Waals surface area contributed by atoms with Crippen LogP contribution in [0.5, 0.6) is 0 Å². The molecular weight excluding hydrogens is 184 g/mol. The van der Waals surface area contributed by atoms with Crippen molar-refractivity contribution >= 4 is 24.4 Å². The van der Waals surface area contributed by atoms with Crippen LogP contribution in [-0.2, 0) is 0 Å². The molecule has 1 fully saturated rings. The zero-order chi connectivity index (χ0) is 9.19. The smallest absolute Gasteiger partial charge is 0.0321 e. The lowest BCUT2D eigenvalue weighted by Gasteiger charge is -2.20. The van der Waals surface area contributed by atoms with Gasteiger partial charge >= 0.3 is 0 Å². The highest BCUT2D eigenvalue weighted by Gasteiger charge is 2.34. The molecule has 0 aromatic heterocycles. The first-order chi connectivity index (χ1) is 5.57. The molecule has 12 heavy (non-hydrogen) atoms. The van der Waals surface area contributed by atoms with E-state index in [4.69, 9.17) is 0 Å². The lowest BCUT2D eigenvalue weighted by Crippen LogP contribution is -2.12. The zero-order valence-electron chi connectivity index (χ0n) is 8.08. The Kier molecular flexibility index (Phi) is 3.59. The van der Waals surface area contributed by atoms with Gasteiger partial charge in [-0.2, -0.15) is 12.6 Å². The van der Waals surface area contributed by atoms with Gasteiger partial charge in [-0.15, -0.1) is 11.8 Å². The maximum absolute atomic E-state index is 4.14. The van der Waals surface area contributed by atoms with Crippen molar-refractivity contribution in [3.63, 3.8) is 0 Å². The van der Waals surface area contributed by atoms with E-state index in [-0.39, 0.29) is 0 Å². The highest BCUT2D eigenvalue weighted by Crippen LogP contribution is 2.46. The minimum atomic E-state index is 0.358. The SMILES string of the molecule is CC(C)C1CCC(C)(/C=C/S)S1. The number of hydrogen-bond acceptors (Lipinski definition) is 2. The van der Waals surface area contributed by atoms with Gasteiger partial charge in [0.1, 0.15) is 0 Å². The molecule has 0 spiro atoms. The van der Waals surface area contributed by atoms with E-state index < -0.39 is 0 Å². The summed E-state index contributed by atoms with van der Waals surface area (Å²) >= 11 is 6.25. The summed E-state index contributed by atoms with van der Waals surface area (Å²) < 4.78 is 0.358. The second-order valence-corrected chi connectivity index (χ2v) is 6.14. The standard InChI is InChI=1S/C10H18S2/c1-8(2)9-4-5-10(3,12-9)6-7-11/h6-9,11H,4-5H2,1-3H3/b7-6+. The third kappa shape index (κ3) is 2.46. The highest BCUT2D eigenvalue weighted by molar-refractivity contribution is 8.01. The van der Waals surface area contributed by atoms with Gasteiger partial charge in [0.05, 0.1) is 0 Å². The molecule has 2 atom stereocenters. The molecular formula is C10H18S2. The summed E-state index contributed by atoms with van der Waals surface area (Å²) in [5.41, 5.74) is 0. The van der Waals surface area contributed by atoms with Gasteiger partial charge in [-0.25, -0.2) is 0 Å². The Morgan fingerprint density at radius 2 is 2.25 bits per heavy atom. The van der Waals surface area contributed by atoms with Gasteiger partial charge in [-0.3, -0.25) is 0 Å². The monoisotopic (exact) mass is 202 g/mol. The molecule has 0 aliphatic carbocycles. The van der Waals surface area contributed by atoms with E-state index in [9.17, 15) is 0 Å². The van der Waals surface area contributed by atoms with E-state index in [2.05, 4.69) is 51.2 Å². The summed E-state index contributed by atoms with van der Waals surface area (Å²) in [7, 11) is 0. The van der Waals surface area contributed by atoms with E-state index in [1.807, 2.05) is 5.41 Å². The van der Waals surface area contributed by atoms with Crippen molar-refractivity contribution < 1.29 is 0 Å². The predicted molar refractivity (Wildman–Crippen MR) is 62.0 cm³/mol. The molecule has 1 heterocycles. The minimum Gasteiger partial charge on any atom is -0.152 e. The van der Waals surface area contributed by atoms with Crippen LogP contribution in [0.25, 0.3) is 0 Å². The first-order valence-electron chi connectivity index (χ1n) is 4.57. The van der Waals surface area contributed by atoms with Gasteiger partial charge in [-0.05, 0) is 31.1 Å². The largest absolute Gasteiger partial charge is 0.152 e. The molecule has 0 saturated carbocycles. The minimum absolute atomic E-state index is 0.358. The van der Waals surface area contributed by atoms with Crippen LogP contribution in [0.4, 0.5) is 0 Å². The molecule has 1 rings (SSSR count). The summed E-state index contributed by atoms with van der Waals surface area (Å²) in [4.78, 5) is 0. The third-order valence-corrected chi connectivity index (χ3v) is 4.63. The van der Waals surface area contributed by atoms with E-state index in [1.165, 1.54) is 12.8 Å². The van der Waals surface area contributed by atoms with Crippen LogP contribution in [0.3, 0.4) is 0 Å². The number of thiol groups is 1. The molecule has 2 unspecified atom stereocenters. The Balaban J connectivity index is 2.54. The summed E-state index contributed by atoms with van der Waals surface area (Å²) in [5.74, 6) is 0.810. The zero-order valence-corrected chi connectivity index (χ0v) is 9.79. The van der Waals surface area contributed by atoms with Crippen LogP contribution < -0.4 is 0 Å². The van der Waals surface area contributed by atoms with Gasteiger partial charge in [-0.1, -0.05) is 19.9 Å². The lowest BCUT2D eigenvalue weighted by molar-refractivity contribution is 0.569. The summed E-state index contributed by atoms with van der Waals surface area (Å²) in [6, 6.07) is 0. The fourth-order valence-electron chi connectivity index (χ4n) is 1.64. The Bertz CT molecular complexity index is 175. The van der Waals surface area contributed by atoms with Gasteiger partial charge in [0, 0.05) is 10.00 Å². The van der Waals surface area contributed by atoms with Crippen molar-refractivity contribution in [2.45, 2.75) is 43.6 Å². The number of rotatable bonds is 2. The maximum Gasteiger partial charge on any atom is 0.0321 e. The molecule has 0 N–H and O–H groups in total. The van der Waals surface area contributed by atoms with Crippen molar-refractivity contribution in [2.75, 3.05) is 0 Å². The van der Waals surface area contributed by atoms with Crippen molar-refractivity contribution in [1.82, 2.24) is 0 Å². The molecule has 1 saturated heterocycles. The third-order valence-electron chi connectivity index (χ3n) is 2.52. The Morgan fingerprint density at radius 3 is 2.67 bits per heavy atom. The van der Waals surface area contributed by atoms with Crippen molar-refractivity contribution in [1.29, 1.82) is 0 Å². The number of thioether (sulfide) groups is 1. The van der Waals surface area contributed by atoms with Crippen LogP contribution in [0.2, 0.25) is 0 Å². The Labute approximate surface area is 85.6 Å². The van der Waals surface area contributed by atoms with E-state index >= 15 is 0 Å². The van der Waals surface area contributed by atoms with E-state index in [0.29, 0.717) is 4.75 Å². The summed E-state index contributed by atoms with van der Waals surface area (Å²) in [5, 5.41) is 2.73. The van der Waals surface area contributed by atoms with Crippen molar-refractivity contribution in [3.8, 4) is 0 Å². The lowest BCUT2D eigenvalue weighted by atomic mass is 10.00. The molecule has 1 aliphatic heterocycles. The van der Waals surface area contributed by atoms with Gasteiger partial charge < -0.3 is 0 Å². The van der Waals surface area contributed by atoms with Gasteiger partial charge in [0.25, 0.3) is 0 Å². The number of hydrogen-bond donors (Lipinski definition) is 1. The second-order valence-electron chi connectivity index (χ2n) is 4.07. The Morgan fingerprint density at radius 1 is 1.58 bits per heavy atom. The van der Waals surface area contributed by atoms with Crippen LogP contribution >= 0.6 is 24.4 Å². The summed E-state index contributed by atoms with van der Waals surface area (Å²) in [6.45, 7) is 6.94. The summed E-state index contributed by atoms with van der Waals surface area (Å²) in [6.07, 6.45) is 4.89. The molecule has 2 heteroatoms. The maximum atomic E-state index is 4.14. The molecule has 0 aromatic rings. The first-order valence-corrected chi connectivity index (χ1v) is 5.97. The van der Waals surface area contributed by atoms with Crippen molar-refractivity contribution in [2.24, 2.45) is 5.92 Å². The van der Waals surface area contributed by atoms with Gasteiger partial charge in [0.15, 0.2) is 0 Å². The first kappa shape index (κ1) is 10.5. The molecule has 1 aliphatic rings. The van der Waals surface area contributed by atoms with Crippen LogP contribution in [0, 0.1) is 5.92 Å². The Hall–Kier alpha value is 0.440. The van der Waals surface area contributed by atoms with E-state index in [1.54, 1.807) is 0 Å². The molecule has 0 amide bonds. The molecule has 0 nitrogen and oxygen atoms in total. The quantitative estimate of drug-likeness (QED) is 0.666. The average molecular weight is 202 g/mol. The normalized spacial score (nSPS) is 36.9. The second kappa shape index (κ2) is 4.10. The van der Waals surface area contributed by atoms with Gasteiger partial charge in [0.2, 0.25) is 0 Å². The molecule has 0 aromatic carbocycles. The molecule has 70 valence electrons. The molecule has 0 radical (unpaired) electrons. The van der Waals surface area contributed by atoms with E-state index in [0.717, 1.165) is 11.2 Å². The fourth-order valence-corrected chi connectivity index (χ4v) is 3.65. The average Bonchev–Trinajstić information content (AvgIpc) is 2.33. The predicted octanol–water partition coefficient (Wildman–Crippen LogP) is 3.74. The van der Waals surface area contributed by atoms with Crippen LogP contribution in [-0.4, -0.2) is 10.00 Å². The van der Waals surface area contributed by atoms with Crippen molar-refractivity contribution in [3.05, 3.63) is 11.5 Å². The van der Waals surface area contributed by atoms with Crippen LogP contribution in [0.15, 0.2) is 11.5 Å².